The smallest absolute Gasteiger partial charge is 0.330 e. The second-order valence-corrected chi connectivity index (χ2v) is 20.7. The molecule has 5 aliphatic rings. The van der Waals surface area contributed by atoms with Gasteiger partial charge in [0.1, 0.15) is 17.5 Å². The molecule has 4 aromatic heterocycles. The molecule has 1 saturated carbocycles. The van der Waals surface area contributed by atoms with Crippen LogP contribution in [-0.2, 0) is 23.2 Å². The van der Waals surface area contributed by atoms with Gasteiger partial charge in [0.05, 0.1) is 11.0 Å². The molecule has 4 saturated heterocycles. The number of benzene rings is 2. The van der Waals surface area contributed by atoms with Crippen molar-refractivity contribution < 1.29 is 14.4 Å². The van der Waals surface area contributed by atoms with Crippen LogP contribution in [0, 0.1) is 5.92 Å². The number of amides is 3. The van der Waals surface area contributed by atoms with Crippen molar-refractivity contribution >= 4 is 45.6 Å². The molecule has 15 heteroatoms. The molecule has 0 bridgehead atoms. The molecule has 6 aromatic rings. The second-order valence-electron chi connectivity index (χ2n) is 20.7. The van der Waals surface area contributed by atoms with Crippen LogP contribution in [0.2, 0.25) is 0 Å². The third-order valence-electron chi connectivity index (χ3n) is 16.3. The van der Waals surface area contributed by atoms with Crippen LogP contribution in [0.15, 0.2) is 83.9 Å². The summed E-state index contributed by atoms with van der Waals surface area (Å²) in [5, 5.41) is 3.55. The Morgan fingerprint density at radius 1 is 0.826 bits per heavy atom. The van der Waals surface area contributed by atoms with Gasteiger partial charge in [-0.05, 0) is 149 Å². The SMILES string of the molecule is C[C@H]1CN(Cc2ccc3c(c2)n(C2CC2)c(=O)n3[C@@H]2CCC(=O)NC2=O)CCN1CC1CCN(C(=O)c2ccc(C3CCN([C@@H](C)c4cc5c(-c6ccc(N)nc6)ccnc5n4C)CC3)cc2)CC1. The van der Waals surface area contributed by atoms with Gasteiger partial charge in [-0.2, -0.15) is 0 Å². The number of piperidine rings is 3. The molecule has 11 rings (SSSR count). The minimum atomic E-state index is -0.670. The number of imidazole rings is 1. The topological polar surface area (TPSA) is 160 Å². The van der Waals surface area contributed by atoms with Crippen molar-refractivity contribution in [2.45, 2.75) is 102 Å². The Balaban J connectivity index is 0.645. The predicted octanol–water partition coefficient (Wildman–Crippen LogP) is 6.65. The summed E-state index contributed by atoms with van der Waals surface area (Å²) in [6.45, 7) is 13.0. The number of hydrogen-bond acceptors (Lipinski definition) is 10. The molecule has 0 spiro atoms. The zero-order valence-electron chi connectivity index (χ0n) is 40.2. The number of imide groups is 1. The largest absolute Gasteiger partial charge is 0.384 e. The number of hydrogen-bond donors (Lipinski definition) is 2. The highest BCUT2D eigenvalue weighted by molar-refractivity contribution is 6.00. The summed E-state index contributed by atoms with van der Waals surface area (Å²) in [6, 6.07) is 23.1. The summed E-state index contributed by atoms with van der Waals surface area (Å²) in [7, 11) is 2.12. The average molecular weight is 932 g/mol. The van der Waals surface area contributed by atoms with E-state index in [2.05, 4.69) is 104 Å². The first-order chi connectivity index (χ1) is 33.5. The lowest BCUT2D eigenvalue weighted by molar-refractivity contribution is -0.135. The number of aryl methyl sites for hydroxylation is 1. The van der Waals surface area contributed by atoms with Crippen molar-refractivity contribution in [2.75, 3.05) is 58.1 Å². The van der Waals surface area contributed by atoms with Crippen molar-refractivity contribution in [1.82, 2.24) is 48.6 Å². The van der Waals surface area contributed by atoms with E-state index in [0.29, 0.717) is 30.1 Å². The van der Waals surface area contributed by atoms with E-state index in [9.17, 15) is 19.2 Å². The summed E-state index contributed by atoms with van der Waals surface area (Å²) >= 11 is 0. The van der Waals surface area contributed by atoms with Crippen LogP contribution in [-0.4, -0.2) is 119 Å². The molecule has 69 heavy (non-hydrogen) atoms. The number of pyridine rings is 2. The number of likely N-dealkylation sites (tertiary alicyclic amines) is 2. The highest BCUT2D eigenvalue weighted by atomic mass is 16.2. The van der Waals surface area contributed by atoms with E-state index in [1.54, 1.807) is 4.57 Å². The van der Waals surface area contributed by atoms with E-state index in [-0.39, 0.29) is 36.0 Å². The third-order valence-corrected chi connectivity index (χ3v) is 16.3. The maximum absolute atomic E-state index is 13.8. The Labute approximate surface area is 403 Å². The number of piperazine rings is 1. The van der Waals surface area contributed by atoms with E-state index in [4.69, 9.17) is 10.7 Å². The van der Waals surface area contributed by atoms with E-state index in [1.807, 2.05) is 35.2 Å². The molecular formula is C54H65N11O4. The number of rotatable bonds is 11. The molecule has 15 nitrogen and oxygen atoms in total. The van der Waals surface area contributed by atoms with Crippen molar-refractivity contribution in [3.63, 3.8) is 0 Å². The first-order valence-corrected chi connectivity index (χ1v) is 25.3. The fraction of sp³-hybridized carbons (Fsp3) is 0.481. The maximum Gasteiger partial charge on any atom is 0.330 e. The summed E-state index contributed by atoms with van der Waals surface area (Å²) in [5.74, 6) is 1.02. The van der Waals surface area contributed by atoms with Crippen LogP contribution in [0.1, 0.15) is 116 Å². The number of nitrogens with one attached hydrogen (secondary N) is 1. The molecule has 3 amide bonds. The van der Waals surface area contributed by atoms with Crippen LogP contribution in [0.4, 0.5) is 5.82 Å². The van der Waals surface area contributed by atoms with Gasteiger partial charge in [-0.1, -0.05) is 18.2 Å². The Bertz CT molecular complexity index is 2950. The average Bonchev–Trinajstić information content (AvgIpc) is 4.08. The van der Waals surface area contributed by atoms with Crippen molar-refractivity contribution in [3.8, 4) is 11.1 Å². The molecule has 2 aromatic carbocycles. The number of aromatic nitrogens is 5. The molecule has 0 radical (unpaired) electrons. The van der Waals surface area contributed by atoms with Gasteiger partial charge in [0.25, 0.3) is 5.91 Å². The van der Waals surface area contributed by atoms with E-state index >= 15 is 0 Å². The molecule has 8 heterocycles. The number of carbonyl (C=O) groups excluding carboxylic acids is 3. The lowest BCUT2D eigenvalue weighted by Crippen LogP contribution is -2.53. The highest BCUT2D eigenvalue weighted by Gasteiger charge is 2.36. The minimum Gasteiger partial charge on any atom is -0.384 e. The van der Waals surface area contributed by atoms with Crippen LogP contribution >= 0.6 is 0 Å². The molecule has 5 fully saturated rings. The molecule has 1 aliphatic carbocycles. The Morgan fingerprint density at radius 2 is 1.61 bits per heavy atom. The molecular weight excluding hydrogens is 867 g/mol. The number of fused-ring (bicyclic) bond motifs is 2. The van der Waals surface area contributed by atoms with Crippen molar-refractivity contribution in [1.29, 1.82) is 0 Å². The first kappa shape index (κ1) is 45.3. The lowest BCUT2D eigenvalue weighted by atomic mass is 9.88. The van der Waals surface area contributed by atoms with Crippen LogP contribution in [0.25, 0.3) is 33.2 Å². The fourth-order valence-electron chi connectivity index (χ4n) is 12.0. The maximum atomic E-state index is 13.8. The zero-order valence-corrected chi connectivity index (χ0v) is 40.2. The van der Waals surface area contributed by atoms with E-state index in [0.717, 1.165) is 142 Å². The summed E-state index contributed by atoms with van der Waals surface area (Å²) in [6.07, 6.45) is 10.4. The number of nitrogens with zero attached hydrogens (tertiary/aromatic N) is 9. The second kappa shape index (κ2) is 18.6. The Morgan fingerprint density at radius 3 is 2.32 bits per heavy atom. The van der Waals surface area contributed by atoms with E-state index < -0.39 is 11.9 Å². The van der Waals surface area contributed by atoms with Gasteiger partial charge >= 0.3 is 5.69 Å². The molecule has 4 aliphatic heterocycles. The zero-order chi connectivity index (χ0) is 47.5. The Hall–Kier alpha value is -6.16. The minimum absolute atomic E-state index is 0.144. The first-order valence-electron chi connectivity index (χ1n) is 25.3. The number of nitrogens with two attached hydrogens (primary N) is 1. The van der Waals surface area contributed by atoms with Crippen molar-refractivity contribution in [2.24, 2.45) is 13.0 Å². The third kappa shape index (κ3) is 8.89. The van der Waals surface area contributed by atoms with Crippen LogP contribution < -0.4 is 16.7 Å². The predicted molar refractivity (Wildman–Crippen MR) is 268 cm³/mol. The van der Waals surface area contributed by atoms with Crippen LogP contribution in [0.3, 0.4) is 0 Å². The number of anilines is 1. The summed E-state index contributed by atoms with van der Waals surface area (Å²) in [5.41, 5.74) is 15.0. The van der Waals surface area contributed by atoms with Gasteiger partial charge in [0.2, 0.25) is 11.8 Å². The quantitative estimate of drug-likeness (QED) is 0.135. The van der Waals surface area contributed by atoms with Gasteiger partial charge in [-0.25, -0.2) is 14.8 Å². The molecule has 3 N–H and O–H groups in total. The Kier molecular flexibility index (Phi) is 12.2. The van der Waals surface area contributed by atoms with Gasteiger partial charge < -0.3 is 15.2 Å². The van der Waals surface area contributed by atoms with Crippen LogP contribution in [0.5, 0.6) is 0 Å². The van der Waals surface area contributed by atoms with Gasteiger partial charge in [0.15, 0.2) is 0 Å². The summed E-state index contributed by atoms with van der Waals surface area (Å²) in [4.78, 5) is 71.1. The molecule has 3 atom stereocenters. The standard InChI is InChI=1S/C54H65N11O4/c1-34-31-60(32-37-4-12-45-48(28-37)64(42-10-11-42)54(69)65(45)46-13-15-50(66)58-52(46)67)26-27-63(34)33-36-17-22-62(23-18-36)53(68)40-7-5-38(6-8-40)39-19-24-61(25-20-39)35(2)47-29-44-43(16-21-56-51(44)59(47)3)41-9-14-49(55)57-30-41/h4-9,12,14,16,21,28-30,34-36,39,42,46H,10-11,13,15,17-20,22-27,31-33H2,1-3H3,(H2,55,57)(H,58,66,67)/t34-,35-,46+/m0/s1. The van der Waals surface area contributed by atoms with E-state index in [1.165, 1.54) is 11.3 Å². The summed E-state index contributed by atoms with van der Waals surface area (Å²) < 4.78 is 5.74. The monoisotopic (exact) mass is 932 g/mol. The highest BCUT2D eigenvalue weighted by Crippen LogP contribution is 2.39. The van der Waals surface area contributed by atoms with Gasteiger partial charge in [-0.3, -0.25) is 43.5 Å². The van der Waals surface area contributed by atoms with Gasteiger partial charge in [-0.15, -0.1) is 0 Å². The number of nitrogen functional groups attached to an aromatic ring is 1. The van der Waals surface area contributed by atoms with Crippen molar-refractivity contribution in [3.05, 3.63) is 112 Å². The van der Waals surface area contributed by atoms with Gasteiger partial charge in [0, 0.05) is 112 Å². The lowest BCUT2D eigenvalue weighted by Gasteiger charge is -2.42. The molecule has 360 valence electrons. The normalized spacial score (nSPS) is 22.2. The number of carbonyl (C=O) groups is 3. The fourth-order valence-corrected chi connectivity index (χ4v) is 12.0. The molecule has 0 unspecified atom stereocenters.